The number of amides is 1. The van der Waals surface area contributed by atoms with Crippen LogP contribution in [0.3, 0.4) is 0 Å². The van der Waals surface area contributed by atoms with E-state index >= 15 is 0 Å². The van der Waals surface area contributed by atoms with Crippen molar-refractivity contribution in [3.63, 3.8) is 0 Å². The third-order valence-electron chi connectivity index (χ3n) is 4.85. The topological polar surface area (TPSA) is 84.5 Å². The van der Waals surface area contributed by atoms with Gasteiger partial charge in [0.15, 0.2) is 0 Å². The van der Waals surface area contributed by atoms with E-state index in [1.54, 1.807) is 18.2 Å². The lowest BCUT2D eigenvalue weighted by molar-refractivity contribution is 0.0657. The Hall–Kier alpha value is -2.22. The number of carbonyl (C=O) groups excluding carboxylic acids is 1. The summed E-state index contributed by atoms with van der Waals surface area (Å²) in [6.07, 6.45) is 3.91. The first-order chi connectivity index (χ1) is 13.8. The molecule has 0 saturated heterocycles. The molecule has 0 unspecified atom stereocenters. The molecule has 7 heteroatoms. The fourth-order valence-corrected chi connectivity index (χ4v) is 4.69. The van der Waals surface area contributed by atoms with Gasteiger partial charge in [-0.15, -0.1) is 0 Å². The maximum Gasteiger partial charge on any atom is 0.255 e. The molecule has 1 amide bonds. The van der Waals surface area contributed by atoms with E-state index in [2.05, 4.69) is 10.0 Å². The number of hydrogen-bond acceptors (Lipinski definition) is 4. The van der Waals surface area contributed by atoms with E-state index in [1.165, 1.54) is 12.1 Å². The minimum atomic E-state index is -3.64. The predicted molar refractivity (Wildman–Crippen MR) is 113 cm³/mol. The first-order valence-corrected chi connectivity index (χ1v) is 11.5. The van der Waals surface area contributed by atoms with Crippen molar-refractivity contribution in [3.8, 4) is 0 Å². The number of rotatable bonds is 8. The van der Waals surface area contributed by atoms with Crippen LogP contribution in [0.25, 0.3) is 0 Å². The molecule has 2 aromatic rings. The lowest BCUT2D eigenvalue weighted by atomic mass is 10.2. The third kappa shape index (κ3) is 6.13. The van der Waals surface area contributed by atoms with Gasteiger partial charge in [0.2, 0.25) is 10.0 Å². The van der Waals surface area contributed by atoms with Crippen molar-refractivity contribution in [1.29, 1.82) is 0 Å². The van der Waals surface area contributed by atoms with Crippen molar-refractivity contribution in [2.24, 2.45) is 0 Å². The van der Waals surface area contributed by atoms with Crippen LogP contribution >= 0.6 is 0 Å². The van der Waals surface area contributed by atoms with Gasteiger partial charge in [0.05, 0.1) is 17.6 Å². The minimum absolute atomic E-state index is 0.0201. The van der Waals surface area contributed by atoms with Crippen LogP contribution in [0.2, 0.25) is 0 Å². The molecule has 6 nitrogen and oxygen atoms in total. The summed E-state index contributed by atoms with van der Waals surface area (Å²) in [4.78, 5) is 12.8. The van der Waals surface area contributed by atoms with Gasteiger partial charge in [0.25, 0.3) is 5.91 Å². The molecule has 0 heterocycles. The molecule has 0 aromatic heterocycles. The molecule has 2 N–H and O–H groups in total. The Balaban J connectivity index is 1.70. The average Bonchev–Trinajstić information content (AvgIpc) is 3.19. The highest BCUT2D eigenvalue weighted by molar-refractivity contribution is 7.89. The molecule has 0 atom stereocenters. The van der Waals surface area contributed by atoms with Crippen LogP contribution in [0, 0.1) is 0 Å². The van der Waals surface area contributed by atoms with Crippen molar-refractivity contribution in [2.75, 3.05) is 5.32 Å². The maximum atomic E-state index is 12.7. The average molecular weight is 417 g/mol. The Bertz CT molecular complexity index is 951. The van der Waals surface area contributed by atoms with Crippen LogP contribution in [0.15, 0.2) is 53.4 Å². The molecule has 1 saturated carbocycles. The number of nitrogens with one attached hydrogen (secondary N) is 2. The normalized spacial score (nSPS) is 15.0. The van der Waals surface area contributed by atoms with E-state index < -0.39 is 10.0 Å². The summed E-state index contributed by atoms with van der Waals surface area (Å²) in [6.45, 7) is 4.39. The highest BCUT2D eigenvalue weighted by Crippen LogP contribution is 2.21. The highest BCUT2D eigenvalue weighted by Gasteiger charge is 2.23. The molecule has 1 aliphatic carbocycles. The van der Waals surface area contributed by atoms with E-state index in [1.807, 2.05) is 32.0 Å². The first-order valence-electron chi connectivity index (χ1n) is 9.98. The zero-order valence-corrected chi connectivity index (χ0v) is 17.7. The lowest BCUT2D eigenvalue weighted by Gasteiger charge is -2.13. The number of hydrogen-bond donors (Lipinski definition) is 2. The van der Waals surface area contributed by atoms with Gasteiger partial charge in [0, 0.05) is 17.3 Å². The van der Waals surface area contributed by atoms with Gasteiger partial charge >= 0.3 is 0 Å². The van der Waals surface area contributed by atoms with Gasteiger partial charge in [-0.1, -0.05) is 31.0 Å². The largest absolute Gasteiger partial charge is 0.374 e. The fourth-order valence-electron chi connectivity index (χ4n) is 3.34. The lowest BCUT2D eigenvalue weighted by Crippen LogP contribution is -2.32. The minimum Gasteiger partial charge on any atom is -0.374 e. The summed E-state index contributed by atoms with van der Waals surface area (Å²) in [5, 5.41) is 2.83. The Kier molecular flexibility index (Phi) is 7.05. The predicted octanol–water partition coefficient (Wildman–Crippen LogP) is 4.08. The molecule has 3 rings (SSSR count). The van der Waals surface area contributed by atoms with Crippen LogP contribution in [0.4, 0.5) is 5.69 Å². The number of benzene rings is 2. The van der Waals surface area contributed by atoms with Gasteiger partial charge in [-0.2, -0.15) is 0 Å². The SMILES string of the molecule is CC(C)OCc1cccc(NC(=O)c2cccc(S(=O)(=O)NC3CCCC3)c2)c1. The highest BCUT2D eigenvalue weighted by atomic mass is 32.2. The van der Waals surface area contributed by atoms with Crippen molar-refractivity contribution in [3.05, 3.63) is 59.7 Å². The van der Waals surface area contributed by atoms with Crippen LogP contribution in [0.5, 0.6) is 0 Å². The first kappa shape index (κ1) is 21.5. The van der Waals surface area contributed by atoms with E-state index in [0.717, 1.165) is 31.2 Å². The van der Waals surface area contributed by atoms with E-state index in [9.17, 15) is 13.2 Å². The smallest absolute Gasteiger partial charge is 0.255 e. The van der Waals surface area contributed by atoms with E-state index in [0.29, 0.717) is 17.9 Å². The summed E-state index contributed by atoms with van der Waals surface area (Å²) >= 11 is 0. The summed E-state index contributed by atoms with van der Waals surface area (Å²) in [7, 11) is -3.64. The zero-order valence-electron chi connectivity index (χ0n) is 16.9. The van der Waals surface area contributed by atoms with Crippen molar-refractivity contribution in [2.45, 2.75) is 63.2 Å². The summed E-state index contributed by atoms with van der Waals surface area (Å²) in [5.41, 5.74) is 1.88. The second-order valence-electron chi connectivity index (χ2n) is 7.64. The molecule has 29 heavy (non-hydrogen) atoms. The van der Waals surface area contributed by atoms with Crippen molar-refractivity contribution in [1.82, 2.24) is 4.72 Å². The molecule has 0 spiro atoms. The molecular formula is C22H28N2O4S. The summed E-state index contributed by atoms with van der Waals surface area (Å²) in [6, 6.07) is 13.5. The summed E-state index contributed by atoms with van der Waals surface area (Å²) < 4.78 is 33.6. The number of sulfonamides is 1. The van der Waals surface area contributed by atoms with Gasteiger partial charge in [0.1, 0.15) is 0 Å². The third-order valence-corrected chi connectivity index (χ3v) is 6.37. The molecule has 2 aromatic carbocycles. The van der Waals surface area contributed by atoms with E-state index in [4.69, 9.17) is 4.74 Å². The Morgan fingerprint density at radius 2 is 1.83 bits per heavy atom. The molecule has 1 fully saturated rings. The Morgan fingerprint density at radius 3 is 2.55 bits per heavy atom. The Morgan fingerprint density at radius 1 is 1.10 bits per heavy atom. The molecule has 0 bridgehead atoms. The monoisotopic (exact) mass is 416 g/mol. The molecule has 156 valence electrons. The molecule has 0 aliphatic heterocycles. The van der Waals surface area contributed by atoms with Crippen LogP contribution in [0.1, 0.15) is 55.5 Å². The second-order valence-corrected chi connectivity index (χ2v) is 9.36. The standard InChI is InChI=1S/C22H28N2O4S/c1-16(2)28-15-17-7-5-11-20(13-17)23-22(25)18-8-6-12-21(14-18)29(26,27)24-19-9-3-4-10-19/h5-8,11-14,16,19,24H,3-4,9-10,15H2,1-2H3,(H,23,25). The van der Waals surface area contributed by atoms with Crippen LogP contribution in [-0.4, -0.2) is 26.5 Å². The quantitative estimate of drug-likeness (QED) is 0.679. The fraction of sp³-hybridized carbons (Fsp3) is 0.409. The van der Waals surface area contributed by atoms with E-state index in [-0.39, 0.29) is 22.9 Å². The molecular weight excluding hydrogens is 388 g/mol. The van der Waals surface area contributed by atoms with Gasteiger partial charge in [-0.05, 0) is 62.6 Å². The summed E-state index contributed by atoms with van der Waals surface area (Å²) in [5.74, 6) is -0.357. The molecule has 1 aliphatic rings. The van der Waals surface area contributed by atoms with Crippen LogP contribution < -0.4 is 10.0 Å². The number of anilines is 1. The van der Waals surface area contributed by atoms with Crippen LogP contribution in [-0.2, 0) is 21.4 Å². The second kappa shape index (κ2) is 9.52. The number of carbonyl (C=O) groups is 1. The molecule has 0 radical (unpaired) electrons. The zero-order chi connectivity index (χ0) is 20.9. The van der Waals surface area contributed by atoms with Gasteiger partial charge < -0.3 is 10.1 Å². The van der Waals surface area contributed by atoms with Crippen molar-refractivity contribution >= 4 is 21.6 Å². The Labute approximate surface area is 172 Å². The van der Waals surface area contributed by atoms with Crippen molar-refractivity contribution < 1.29 is 17.9 Å². The van der Waals surface area contributed by atoms with Gasteiger partial charge in [-0.25, -0.2) is 13.1 Å². The maximum absolute atomic E-state index is 12.7. The van der Waals surface area contributed by atoms with Gasteiger partial charge in [-0.3, -0.25) is 4.79 Å². The number of ether oxygens (including phenoxy) is 1.